The van der Waals surface area contributed by atoms with Crippen molar-refractivity contribution in [3.05, 3.63) is 70.8 Å². The molecule has 0 saturated carbocycles. The molecule has 0 spiro atoms. The average molecular weight is 428 g/mol. The van der Waals surface area contributed by atoms with Gasteiger partial charge >= 0.3 is 5.97 Å². The minimum atomic E-state index is -0.463. The summed E-state index contributed by atoms with van der Waals surface area (Å²) in [5, 5.41) is 18.3. The first-order valence-electron chi connectivity index (χ1n) is 10.6. The number of aryl methyl sites for hydroxylation is 2. The molecule has 0 bridgehead atoms. The summed E-state index contributed by atoms with van der Waals surface area (Å²) in [6, 6.07) is 14.6. The van der Waals surface area contributed by atoms with E-state index in [-0.39, 0.29) is 0 Å². The molecule has 0 amide bonds. The summed E-state index contributed by atoms with van der Waals surface area (Å²) in [5.74, 6) is 1.75. The average Bonchev–Trinajstić information content (AvgIpc) is 3.06. The van der Waals surface area contributed by atoms with E-state index in [0.29, 0.717) is 28.5 Å². The molecule has 0 atom stereocenters. The van der Waals surface area contributed by atoms with Crippen LogP contribution in [0.4, 0.5) is 0 Å². The van der Waals surface area contributed by atoms with Crippen molar-refractivity contribution in [2.75, 3.05) is 7.11 Å². The third-order valence-electron chi connectivity index (χ3n) is 5.46. The maximum absolute atomic E-state index is 12.5. The number of methoxy groups -OCH3 is 1. The van der Waals surface area contributed by atoms with Crippen LogP contribution in [0.3, 0.4) is 0 Å². The van der Waals surface area contributed by atoms with E-state index in [1.807, 2.05) is 23.6 Å². The van der Waals surface area contributed by atoms with Crippen molar-refractivity contribution in [2.24, 2.45) is 0 Å². The minimum absolute atomic E-state index is 0.310. The van der Waals surface area contributed by atoms with E-state index >= 15 is 0 Å². The summed E-state index contributed by atoms with van der Waals surface area (Å²) >= 11 is 0. The maximum Gasteiger partial charge on any atom is 0.343 e. The molecule has 1 aliphatic heterocycles. The molecule has 0 radical (unpaired) electrons. The van der Waals surface area contributed by atoms with Crippen molar-refractivity contribution in [1.82, 2.24) is 14.8 Å². The number of ether oxygens (including phenoxy) is 2. The van der Waals surface area contributed by atoms with Gasteiger partial charge in [-0.25, -0.2) is 4.79 Å². The van der Waals surface area contributed by atoms with Gasteiger partial charge in [-0.05, 0) is 55.7 Å². The smallest absolute Gasteiger partial charge is 0.343 e. The van der Waals surface area contributed by atoms with Crippen molar-refractivity contribution in [2.45, 2.75) is 39.2 Å². The molecule has 7 nitrogen and oxygen atoms in total. The molecule has 0 aliphatic carbocycles. The van der Waals surface area contributed by atoms with Crippen molar-refractivity contribution in [3.63, 3.8) is 0 Å². The fourth-order valence-electron chi connectivity index (χ4n) is 3.70. The SMILES string of the molecule is COc1cc(C=C(C#N)c2nnc3n2CCCCC3)ccc1OC(=O)c1ccc(C)cc1. The van der Waals surface area contributed by atoms with E-state index in [0.717, 1.165) is 49.2 Å². The monoisotopic (exact) mass is 428 g/mol. The Morgan fingerprint density at radius 1 is 1.09 bits per heavy atom. The molecule has 0 fully saturated rings. The van der Waals surface area contributed by atoms with Gasteiger partial charge in [0, 0.05) is 13.0 Å². The highest BCUT2D eigenvalue weighted by Crippen LogP contribution is 2.31. The second-order valence-electron chi connectivity index (χ2n) is 7.74. The summed E-state index contributed by atoms with van der Waals surface area (Å²) in [7, 11) is 1.51. The minimum Gasteiger partial charge on any atom is -0.493 e. The summed E-state index contributed by atoms with van der Waals surface area (Å²) in [4.78, 5) is 12.5. The fourth-order valence-corrected chi connectivity index (χ4v) is 3.70. The number of carbonyl (C=O) groups is 1. The Morgan fingerprint density at radius 2 is 1.91 bits per heavy atom. The maximum atomic E-state index is 12.5. The van der Waals surface area contributed by atoms with Gasteiger partial charge in [-0.15, -0.1) is 10.2 Å². The van der Waals surface area contributed by atoms with Crippen LogP contribution in [0.25, 0.3) is 11.6 Å². The zero-order chi connectivity index (χ0) is 22.5. The van der Waals surface area contributed by atoms with Gasteiger partial charge in [0.25, 0.3) is 0 Å². The van der Waals surface area contributed by atoms with Gasteiger partial charge in [-0.3, -0.25) is 0 Å². The number of allylic oxidation sites excluding steroid dienone is 1. The molecule has 3 aromatic rings. The molecule has 7 heteroatoms. The predicted octanol–water partition coefficient (Wildman–Crippen LogP) is 4.60. The van der Waals surface area contributed by atoms with Gasteiger partial charge in [-0.2, -0.15) is 5.26 Å². The van der Waals surface area contributed by atoms with Crippen LogP contribution in [0.1, 0.15) is 52.4 Å². The molecule has 32 heavy (non-hydrogen) atoms. The molecule has 0 saturated heterocycles. The first kappa shape index (κ1) is 21.3. The van der Waals surface area contributed by atoms with Gasteiger partial charge < -0.3 is 14.0 Å². The highest BCUT2D eigenvalue weighted by molar-refractivity contribution is 5.92. The van der Waals surface area contributed by atoms with Crippen LogP contribution in [0.2, 0.25) is 0 Å². The lowest BCUT2D eigenvalue weighted by Gasteiger charge is -2.10. The summed E-state index contributed by atoms with van der Waals surface area (Å²) in [6.07, 6.45) is 5.90. The second-order valence-corrected chi connectivity index (χ2v) is 7.74. The first-order valence-corrected chi connectivity index (χ1v) is 10.6. The summed E-state index contributed by atoms with van der Waals surface area (Å²) in [6.45, 7) is 2.77. The topological polar surface area (TPSA) is 90.0 Å². The van der Waals surface area contributed by atoms with E-state index in [2.05, 4.69) is 16.3 Å². The molecule has 162 valence electrons. The summed E-state index contributed by atoms with van der Waals surface area (Å²) < 4.78 is 13.0. The Bertz CT molecular complexity index is 1200. The highest BCUT2D eigenvalue weighted by atomic mass is 16.6. The Labute approximate surface area is 186 Å². The van der Waals surface area contributed by atoms with Crippen molar-refractivity contribution >= 4 is 17.6 Å². The number of hydrogen-bond donors (Lipinski definition) is 0. The standard InChI is InChI=1S/C25H24N4O3/c1-17-7-10-19(11-8-17)25(30)32-21-12-9-18(15-22(21)31-2)14-20(16-26)24-28-27-23-6-4-3-5-13-29(23)24/h7-12,14-15H,3-6,13H2,1-2H3. The van der Waals surface area contributed by atoms with Crippen LogP contribution in [0.15, 0.2) is 42.5 Å². The van der Waals surface area contributed by atoms with E-state index in [4.69, 9.17) is 9.47 Å². The van der Waals surface area contributed by atoms with E-state index in [1.165, 1.54) is 7.11 Å². The Morgan fingerprint density at radius 3 is 2.66 bits per heavy atom. The third-order valence-corrected chi connectivity index (χ3v) is 5.46. The van der Waals surface area contributed by atoms with Gasteiger partial charge in [0.2, 0.25) is 0 Å². The van der Waals surface area contributed by atoms with Gasteiger partial charge in [-0.1, -0.05) is 30.2 Å². The number of carbonyl (C=O) groups excluding carboxylic acids is 1. The van der Waals surface area contributed by atoms with Crippen molar-refractivity contribution in [1.29, 1.82) is 5.26 Å². The van der Waals surface area contributed by atoms with Crippen LogP contribution in [0.5, 0.6) is 11.5 Å². The predicted molar refractivity (Wildman–Crippen MR) is 120 cm³/mol. The van der Waals surface area contributed by atoms with Crippen LogP contribution < -0.4 is 9.47 Å². The molecule has 1 aliphatic rings. The van der Waals surface area contributed by atoms with Crippen LogP contribution in [0, 0.1) is 18.3 Å². The number of fused-ring (bicyclic) bond motifs is 1. The molecule has 0 unspecified atom stereocenters. The molecular weight excluding hydrogens is 404 g/mol. The van der Waals surface area contributed by atoms with Gasteiger partial charge in [0.1, 0.15) is 11.9 Å². The van der Waals surface area contributed by atoms with E-state index < -0.39 is 5.97 Å². The number of benzene rings is 2. The van der Waals surface area contributed by atoms with Crippen molar-refractivity contribution < 1.29 is 14.3 Å². The number of nitriles is 1. The lowest BCUT2D eigenvalue weighted by atomic mass is 10.1. The number of aromatic nitrogens is 3. The number of hydrogen-bond acceptors (Lipinski definition) is 6. The van der Waals surface area contributed by atoms with Crippen molar-refractivity contribution in [3.8, 4) is 17.6 Å². The number of rotatable bonds is 5. The lowest BCUT2D eigenvalue weighted by molar-refractivity contribution is 0.0729. The van der Waals surface area contributed by atoms with E-state index in [1.54, 1.807) is 36.4 Å². The fraction of sp³-hybridized carbons (Fsp3) is 0.280. The molecule has 2 heterocycles. The second kappa shape index (κ2) is 9.48. The molecule has 2 aromatic carbocycles. The Balaban J connectivity index is 1.60. The van der Waals surface area contributed by atoms with Gasteiger partial charge in [0.15, 0.2) is 17.3 Å². The quantitative estimate of drug-likeness (QED) is 0.335. The molecular formula is C25H24N4O3. The lowest BCUT2D eigenvalue weighted by Crippen LogP contribution is -2.09. The van der Waals surface area contributed by atoms with Crippen LogP contribution in [-0.2, 0) is 13.0 Å². The zero-order valence-electron chi connectivity index (χ0n) is 18.2. The number of esters is 1. The Kier molecular flexibility index (Phi) is 6.31. The normalized spacial score (nSPS) is 13.6. The molecule has 4 rings (SSSR count). The van der Waals surface area contributed by atoms with Crippen LogP contribution in [-0.4, -0.2) is 27.8 Å². The number of nitrogens with zero attached hydrogens (tertiary/aromatic N) is 4. The third kappa shape index (κ3) is 4.54. The first-order chi connectivity index (χ1) is 15.6. The largest absolute Gasteiger partial charge is 0.493 e. The summed E-state index contributed by atoms with van der Waals surface area (Å²) in [5.41, 5.74) is 2.69. The van der Waals surface area contributed by atoms with Gasteiger partial charge in [0.05, 0.1) is 18.2 Å². The van der Waals surface area contributed by atoms with Crippen LogP contribution >= 0.6 is 0 Å². The molecule has 1 aromatic heterocycles. The van der Waals surface area contributed by atoms with E-state index in [9.17, 15) is 10.1 Å². The molecule has 0 N–H and O–H groups in total. The zero-order valence-corrected chi connectivity index (χ0v) is 18.2. The highest BCUT2D eigenvalue weighted by Gasteiger charge is 2.18. The Hall–Kier alpha value is -3.92.